The molecule has 0 amide bonds. The van der Waals surface area contributed by atoms with Gasteiger partial charge in [-0.2, -0.15) is 23.4 Å². The fourth-order valence-electron chi connectivity index (χ4n) is 2.28. The van der Waals surface area contributed by atoms with Gasteiger partial charge in [0, 0.05) is 24.9 Å². The average Bonchev–Trinajstić information content (AvgIpc) is 2.62. The molecule has 1 aliphatic heterocycles. The predicted molar refractivity (Wildman–Crippen MR) is 99.4 cm³/mol. The van der Waals surface area contributed by atoms with Crippen LogP contribution in [0.4, 0.5) is 18.9 Å². The third kappa shape index (κ3) is 5.28. The summed E-state index contributed by atoms with van der Waals surface area (Å²) in [7, 11) is 0. The van der Waals surface area contributed by atoms with E-state index in [-0.39, 0.29) is 10.0 Å². The summed E-state index contributed by atoms with van der Waals surface area (Å²) in [6.45, 7) is 2.84. The molecule has 0 spiro atoms. The van der Waals surface area contributed by atoms with E-state index in [1.165, 1.54) is 26.0 Å². The number of aromatic nitrogens is 1. The quantitative estimate of drug-likeness (QED) is 0.355. The van der Waals surface area contributed by atoms with E-state index in [0.29, 0.717) is 16.8 Å². The number of azo groups is 1. The zero-order valence-electron chi connectivity index (χ0n) is 15.4. The molecule has 30 heavy (non-hydrogen) atoms. The Bertz CT molecular complexity index is 993. The fourth-order valence-corrected chi connectivity index (χ4v) is 3.32. The highest BCUT2D eigenvalue weighted by atomic mass is 35.5. The smallest absolute Gasteiger partial charge is 0.417 e. The van der Waals surface area contributed by atoms with Crippen LogP contribution in [-0.4, -0.2) is 28.8 Å². The van der Waals surface area contributed by atoms with E-state index in [4.69, 9.17) is 21.1 Å². The van der Waals surface area contributed by atoms with Gasteiger partial charge >= 0.3 is 18.1 Å². The zero-order chi connectivity index (χ0) is 22.1. The molecule has 12 heteroatoms. The van der Waals surface area contributed by atoms with Crippen molar-refractivity contribution in [2.24, 2.45) is 10.2 Å². The maximum Gasteiger partial charge on any atom is 0.417 e. The number of hydrogen-bond donors (Lipinski definition) is 0. The van der Waals surface area contributed by atoms with Crippen LogP contribution in [0, 0.1) is 0 Å². The van der Waals surface area contributed by atoms with E-state index in [1.54, 1.807) is 12.1 Å². The minimum Gasteiger partial charge on any atom is -0.421 e. The Morgan fingerprint density at radius 3 is 2.27 bits per heavy atom. The molecule has 1 saturated heterocycles. The van der Waals surface area contributed by atoms with Crippen LogP contribution >= 0.6 is 23.4 Å². The van der Waals surface area contributed by atoms with Gasteiger partial charge in [-0.05, 0) is 30.3 Å². The van der Waals surface area contributed by atoms with E-state index < -0.39 is 35.5 Å². The van der Waals surface area contributed by atoms with Crippen LogP contribution in [0.15, 0.2) is 56.7 Å². The topological polar surface area (TPSA) is 90.2 Å². The van der Waals surface area contributed by atoms with Gasteiger partial charge in [-0.15, -0.1) is 0 Å². The van der Waals surface area contributed by atoms with Crippen molar-refractivity contribution in [3.8, 4) is 0 Å². The standard InChI is InChI=1S/C18H13ClF3N3O4S/c1-17(2)28-15(26)13(16(27)29-17)25-24-10-3-5-11(6-4-10)30-14-12(19)7-9(8-23-14)18(20,21)22/h3-8,13H,1-2H3. The van der Waals surface area contributed by atoms with Crippen LogP contribution in [0.3, 0.4) is 0 Å². The Morgan fingerprint density at radius 1 is 1.13 bits per heavy atom. The van der Waals surface area contributed by atoms with Gasteiger partial charge in [-0.25, -0.2) is 14.6 Å². The van der Waals surface area contributed by atoms with Crippen LogP contribution in [-0.2, 0) is 25.2 Å². The van der Waals surface area contributed by atoms with Crippen LogP contribution in [0.2, 0.25) is 5.02 Å². The Kier molecular flexibility index (Phi) is 6.04. The summed E-state index contributed by atoms with van der Waals surface area (Å²) in [6, 6.07) is 5.58. The van der Waals surface area contributed by atoms with E-state index >= 15 is 0 Å². The van der Waals surface area contributed by atoms with Crippen LogP contribution < -0.4 is 0 Å². The highest BCUT2D eigenvalue weighted by Gasteiger charge is 2.43. The molecule has 0 radical (unpaired) electrons. The van der Waals surface area contributed by atoms with Crippen molar-refractivity contribution < 1.29 is 32.2 Å². The number of ether oxygens (including phenoxy) is 2. The number of pyridine rings is 1. The molecule has 3 rings (SSSR count). The second-order valence-electron chi connectivity index (χ2n) is 6.46. The summed E-state index contributed by atoms with van der Waals surface area (Å²) >= 11 is 6.95. The Morgan fingerprint density at radius 2 is 1.73 bits per heavy atom. The first-order chi connectivity index (χ1) is 13.9. The summed E-state index contributed by atoms with van der Waals surface area (Å²) in [6.07, 6.45) is -3.82. The number of carbonyl (C=O) groups is 2. The Hall–Kier alpha value is -2.66. The van der Waals surface area contributed by atoms with Gasteiger partial charge in [0.15, 0.2) is 0 Å². The Balaban J connectivity index is 1.68. The van der Waals surface area contributed by atoms with Crippen molar-refractivity contribution in [2.45, 2.75) is 41.8 Å². The molecule has 1 aromatic heterocycles. The summed E-state index contributed by atoms with van der Waals surface area (Å²) in [5, 5.41) is 7.58. The average molecular weight is 460 g/mol. The van der Waals surface area contributed by atoms with Crippen molar-refractivity contribution in [1.82, 2.24) is 4.98 Å². The molecule has 0 unspecified atom stereocenters. The van der Waals surface area contributed by atoms with E-state index in [9.17, 15) is 22.8 Å². The largest absolute Gasteiger partial charge is 0.421 e. The Labute approximate surface area is 177 Å². The lowest BCUT2D eigenvalue weighted by Crippen LogP contribution is -2.48. The van der Waals surface area contributed by atoms with E-state index in [0.717, 1.165) is 17.8 Å². The van der Waals surface area contributed by atoms with Crippen molar-refractivity contribution in [1.29, 1.82) is 0 Å². The number of hydrogen-bond acceptors (Lipinski definition) is 8. The second kappa shape index (κ2) is 8.23. The van der Waals surface area contributed by atoms with Crippen molar-refractivity contribution in [2.75, 3.05) is 0 Å². The lowest BCUT2D eigenvalue weighted by molar-refractivity contribution is -0.234. The molecule has 1 aromatic carbocycles. The minimum atomic E-state index is -4.53. The molecule has 2 aromatic rings. The lowest BCUT2D eigenvalue weighted by atomic mass is 10.2. The monoisotopic (exact) mass is 459 g/mol. The zero-order valence-corrected chi connectivity index (χ0v) is 17.0. The van der Waals surface area contributed by atoms with Gasteiger partial charge in [0.2, 0.25) is 0 Å². The number of cyclic esters (lactones) is 2. The highest BCUT2D eigenvalue weighted by molar-refractivity contribution is 7.99. The molecule has 1 aliphatic rings. The molecule has 2 heterocycles. The minimum absolute atomic E-state index is 0.129. The normalized spacial score (nSPS) is 17.1. The maximum absolute atomic E-state index is 12.7. The second-order valence-corrected chi connectivity index (χ2v) is 7.93. The number of esters is 2. The molecule has 0 atom stereocenters. The summed E-state index contributed by atoms with van der Waals surface area (Å²) in [4.78, 5) is 28.1. The summed E-state index contributed by atoms with van der Waals surface area (Å²) in [5.41, 5.74) is -0.605. The third-order valence-electron chi connectivity index (χ3n) is 3.61. The van der Waals surface area contributed by atoms with Crippen molar-refractivity contribution in [3.63, 3.8) is 0 Å². The summed E-state index contributed by atoms with van der Waals surface area (Å²) in [5.74, 6) is -3.09. The first-order valence-electron chi connectivity index (χ1n) is 8.32. The van der Waals surface area contributed by atoms with Crippen LogP contribution in [0.1, 0.15) is 19.4 Å². The molecule has 0 bridgehead atoms. The van der Waals surface area contributed by atoms with Crippen molar-refractivity contribution >= 4 is 41.0 Å². The summed E-state index contributed by atoms with van der Waals surface area (Å²) < 4.78 is 47.9. The number of halogens is 4. The SMILES string of the molecule is CC1(C)OC(=O)C(N=Nc2ccc(Sc3ncc(C(F)(F)F)cc3Cl)cc2)C(=O)O1. The lowest BCUT2D eigenvalue weighted by Gasteiger charge is -2.30. The number of rotatable bonds is 4. The first-order valence-corrected chi connectivity index (χ1v) is 9.51. The van der Waals surface area contributed by atoms with E-state index in [2.05, 4.69) is 15.2 Å². The van der Waals surface area contributed by atoms with E-state index in [1.807, 2.05) is 0 Å². The van der Waals surface area contributed by atoms with Gasteiger partial charge < -0.3 is 9.47 Å². The van der Waals surface area contributed by atoms with Crippen LogP contribution in [0.25, 0.3) is 0 Å². The highest BCUT2D eigenvalue weighted by Crippen LogP contribution is 2.36. The molecular formula is C18H13ClF3N3O4S. The fraction of sp³-hybridized carbons (Fsp3) is 0.278. The first kappa shape index (κ1) is 22.0. The van der Waals surface area contributed by atoms with Gasteiger partial charge in [0.05, 0.1) is 16.3 Å². The molecular weight excluding hydrogens is 447 g/mol. The van der Waals surface area contributed by atoms with Gasteiger partial charge in [-0.1, -0.05) is 23.4 Å². The molecule has 7 nitrogen and oxygen atoms in total. The van der Waals surface area contributed by atoms with Gasteiger partial charge in [0.25, 0.3) is 11.8 Å². The number of benzene rings is 1. The molecule has 1 fully saturated rings. The molecule has 158 valence electrons. The predicted octanol–water partition coefficient (Wildman–Crippen LogP) is 5.19. The molecule has 0 aliphatic carbocycles. The molecule has 0 saturated carbocycles. The van der Waals surface area contributed by atoms with Crippen LogP contribution in [0.5, 0.6) is 0 Å². The number of carbonyl (C=O) groups excluding carboxylic acids is 2. The van der Waals surface area contributed by atoms with Gasteiger partial charge in [-0.3, -0.25) is 0 Å². The number of nitrogens with zero attached hydrogens (tertiary/aromatic N) is 3. The number of alkyl halides is 3. The van der Waals surface area contributed by atoms with Crippen molar-refractivity contribution in [3.05, 3.63) is 47.1 Å². The van der Waals surface area contributed by atoms with Gasteiger partial charge in [0.1, 0.15) is 5.03 Å². The maximum atomic E-state index is 12.7. The molecule has 0 N–H and O–H groups in total. The third-order valence-corrected chi connectivity index (χ3v) is 5.04.